The van der Waals surface area contributed by atoms with Gasteiger partial charge < -0.3 is 14.9 Å². The number of nitrogens with zero attached hydrogens (tertiary/aromatic N) is 3. The Kier molecular flexibility index (Phi) is 3.27. The number of aromatic nitrogens is 3. The van der Waals surface area contributed by atoms with Gasteiger partial charge in [0.25, 0.3) is 5.89 Å². The molecule has 0 bridgehead atoms. The first-order chi connectivity index (χ1) is 9.26. The summed E-state index contributed by atoms with van der Waals surface area (Å²) in [5.74, 6) is 0.922. The van der Waals surface area contributed by atoms with Crippen LogP contribution in [-0.2, 0) is 12.0 Å². The minimum Gasteiger partial charge on any atom is -0.380 e. The van der Waals surface area contributed by atoms with Gasteiger partial charge in [-0.25, -0.2) is 0 Å². The zero-order valence-electron chi connectivity index (χ0n) is 10.5. The third-order valence-electron chi connectivity index (χ3n) is 3.41. The number of piperidine rings is 1. The third kappa shape index (κ3) is 2.64. The summed E-state index contributed by atoms with van der Waals surface area (Å²) in [5, 5.41) is 17.6. The summed E-state index contributed by atoms with van der Waals surface area (Å²) in [5.41, 5.74) is 0.0917. The molecule has 2 aromatic heterocycles. The first kappa shape index (κ1) is 12.3. The van der Waals surface area contributed by atoms with Crippen molar-refractivity contribution >= 4 is 0 Å². The highest BCUT2D eigenvalue weighted by molar-refractivity contribution is 5.15. The Hall–Kier alpha value is -1.79. The molecular formula is C13H16N4O2. The SMILES string of the molecule is OC1(c2nc(Cc3ccncc3)no2)CCNCC1. The summed E-state index contributed by atoms with van der Waals surface area (Å²) in [4.78, 5) is 8.29. The lowest BCUT2D eigenvalue weighted by atomic mass is 9.92. The predicted molar refractivity (Wildman–Crippen MR) is 67.3 cm³/mol. The maximum Gasteiger partial charge on any atom is 0.258 e. The summed E-state index contributed by atoms with van der Waals surface area (Å²) < 4.78 is 5.22. The standard InChI is InChI=1S/C13H16N4O2/c18-13(3-7-15-8-4-13)12-16-11(17-19-12)9-10-1-5-14-6-2-10/h1-2,5-6,15,18H,3-4,7-9H2. The fourth-order valence-corrected chi connectivity index (χ4v) is 2.25. The van der Waals surface area contributed by atoms with Crippen LogP contribution in [-0.4, -0.2) is 33.3 Å². The highest BCUT2D eigenvalue weighted by Gasteiger charge is 2.36. The minimum atomic E-state index is -0.977. The van der Waals surface area contributed by atoms with Gasteiger partial charge in [0.05, 0.1) is 0 Å². The fourth-order valence-electron chi connectivity index (χ4n) is 2.25. The zero-order chi connectivity index (χ0) is 13.1. The Bertz CT molecular complexity index is 535. The number of hydrogen-bond donors (Lipinski definition) is 2. The molecule has 0 aliphatic carbocycles. The Labute approximate surface area is 110 Å². The van der Waals surface area contributed by atoms with Crippen LogP contribution < -0.4 is 5.32 Å². The van der Waals surface area contributed by atoms with Gasteiger partial charge in [0.2, 0.25) is 0 Å². The van der Waals surface area contributed by atoms with E-state index in [1.807, 2.05) is 12.1 Å². The zero-order valence-corrected chi connectivity index (χ0v) is 10.5. The Morgan fingerprint density at radius 3 is 2.74 bits per heavy atom. The molecule has 0 saturated carbocycles. The van der Waals surface area contributed by atoms with Crippen LogP contribution in [0.4, 0.5) is 0 Å². The van der Waals surface area contributed by atoms with Crippen molar-refractivity contribution in [1.82, 2.24) is 20.4 Å². The second-order valence-electron chi connectivity index (χ2n) is 4.83. The number of aliphatic hydroxyl groups is 1. The summed E-state index contributed by atoms with van der Waals surface area (Å²) in [6.07, 6.45) is 5.25. The average molecular weight is 260 g/mol. The lowest BCUT2D eigenvalue weighted by Crippen LogP contribution is -2.39. The van der Waals surface area contributed by atoms with Crippen LogP contribution in [0.3, 0.4) is 0 Å². The van der Waals surface area contributed by atoms with Crippen molar-refractivity contribution in [3.05, 3.63) is 41.8 Å². The van der Waals surface area contributed by atoms with Gasteiger partial charge >= 0.3 is 0 Å². The number of hydrogen-bond acceptors (Lipinski definition) is 6. The van der Waals surface area contributed by atoms with Gasteiger partial charge in [-0.3, -0.25) is 4.98 Å². The van der Waals surface area contributed by atoms with Crippen LogP contribution in [0.5, 0.6) is 0 Å². The van der Waals surface area contributed by atoms with Crippen molar-refractivity contribution in [2.45, 2.75) is 24.9 Å². The van der Waals surface area contributed by atoms with Crippen molar-refractivity contribution in [3.8, 4) is 0 Å². The summed E-state index contributed by atoms with van der Waals surface area (Å²) in [7, 11) is 0. The summed E-state index contributed by atoms with van der Waals surface area (Å²) in [6, 6.07) is 3.82. The van der Waals surface area contributed by atoms with Crippen LogP contribution in [0.1, 0.15) is 30.1 Å². The molecule has 1 fully saturated rings. The molecule has 0 unspecified atom stereocenters. The Balaban J connectivity index is 1.76. The molecule has 2 N–H and O–H groups in total. The second-order valence-corrected chi connectivity index (χ2v) is 4.83. The first-order valence-electron chi connectivity index (χ1n) is 6.41. The van der Waals surface area contributed by atoms with E-state index >= 15 is 0 Å². The van der Waals surface area contributed by atoms with Gasteiger partial charge in [0, 0.05) is 18.8 Å². The van der Waals surface area contributed by atoms with Gasteiger partial charge in [0.1, 0.15) is 5.60 Å². The van der Waals surface area contributed by atoms with E-state index in [0.29, 0.717) is 31.0 Å². The molecule has 3 heterocycles. The minimum absolute atomic E-state index is 0.332. The van der Waals surface area contributed by atoms with Crippen LogP contribution >= 0.6 is 0 Å². The van der Waals surface area contributed by atoms with Gasteiger partial charge in [0.15, 0.2) is 5.82 Å². The molecule has 0 spiro atoms. The van der Waals surface area contributed by atoms with E-state index in [1.54, 1.807) is 12.4 Å². The quantitative estimate of drug-likeness (QED) is 0.842. The first-order valence-corrected chi connectivity index (χ1v) is 6.41. The monoisotopic (exact) mass is 260 g/mol. The van der Waals surface area contributed by atoms with E-state index in [0.717, 1.165) is 18.7 Å². The van der Waals surface area contributed by atoms with Crippen molar-refractivity contribution in [2.75, 3.05) is 13.1 Å². The van der Waals surface area contributed by atoms with Gasteiger partial charge in [-0.1, -0.05) is 5.16 Å². The van der Waals surface area contributed by atoms with E-state index in [4.69, 9.17) is 4.52 Å². The van der Waals surface area contributed by atoms with Crippen LogP contribution in [0, 0.1) is 0 Å². The average Bonchev–Trinajstić information content (AvgIpc) is 2.90. The molecule has 100 valence electrons. The molecule has 0 atom stereocenters. The van der Waals surface area contributed by atoms with Gasteiger partial charge in [-0.15, -0.1) is 0 Å². The largest absolute Gasteiger partial charge is 0.380 e. The highest BCUT2D eigenvalue weighted by atomic mass is 16.5. The molecule has 1 saturated heterocycles. The normalized spacial score (nSPS) is 18.4. The van der Waals surface area contributed by atoms with E-state index < -0.39 is 5.60 Å². The van der Waals surface area contributed by atoms with Crippen LogP contribution in [0.2, 0.25) is 0 Å². The Morgan fingerprint density at radius 2 is 2.00 bits per heavy atom. The lowest BCUT2D eigenvalue weighted by Gasteiger charge is -2.28. The van der Waals surface area contributed by atoms with Gasteiger partial charge in [-0.05, 0) is 43.6 Å². The Morgan fingerprint density at radius 1 is 1.26 bits per heavy atom. The molecule has 19 heavy (non-hydrogen) atoms. The second kappa shape index (κ2) is 5.07. The summed E-state index contributed by atoms with van der Waals surface area (Å²) in [6.45, 7) is 1.52. The molecule has 6 nitrogen and oxygen atoms in total. The third-order valence-corrected chi connectivity index (χ3v) is 3.41. The lowest BCUT2D eigenvalue weighted by molar-refractivity contribution is -0.0228. The molecule has 0 amide bonds. The van der Waals surface area contributed by atoms with Gasteiger partial charge in [-0.2, -0.15) is 4.98 Å². The van der Waals surface area contributed by atoms with E-state index in [9.17, 15) is 5.11 Å². The van der Waals surface area contributed by atoms with Crippen molar-refractivity contribution in [3.63, 3.8) is 0 Å². The van der Waals surface area contributed by atoms with Crippen molar-refractivity contribution in [1.29, 1.82) is 0 Å². The topological polar surface area (TPSA) is 84.1 Å². The maximum absolute atomic E-state index is 10.5. The molecular weight excluding hydrogens is 244 g/mol. The molecule has 1 aliphatic rings. The van der Waals surface area contributed by atoms with Crippen LogP contribution in [0.15, 0.2) is 29.0 Å². The van der Waals surface area contributed by atoms with Crippen molar-refractivity contribution < 1.29 is 9.63 Å². The molecule has 2 aromatic rings. The molecule has 6 heteroatoms. The van der Waals surface area contributed by atoms with E-state index in [-0.39, 0.29) is 0 Å². The molecule has 0 aromatic carbocycles. The molecule has 1 aliphatic heterocycles. The number of rotatable bonds is 3. The number of nitrogens with one attached hydrogen (secondary N) is 1. The fraction of sp³-hybridized carbons (Fsp3) is 0.462. The smallest absolute Gasteiger partial charge is 0.258 e. The van der Waals surface area contributed by atoms with Crippen molar-refractivity contribution in [2.24, 2.45) is 0 Å². The molecule has 3 rings (SSSR count). The highest BCUT2D eigenvalue weighted by Crippen LogP contribution is 2.29. The van der Waals surface area contributed by atoms with Crippen LogP contribution in [0.25, 0.3) is 0 Å². The number of pyridine rings is 1. The maximum atomic E-state index is 10.5. The van der Waals surface area contributed by atoms with E-state index in [1.165, 1.54) is 0 Å². The summed E-state index contributed by atoms with van der Waals surface area (Å²) >= 11 is 0. The van der Waals surface area contributed by atoms with E-state index in [2.05, 4.69) is 20.4 Å². The predicted octanol–water partition coefficient (Wildman–Crippen LogP) is 0.626. The molecule has 0 radical (unpaired) electrons.